The van der Waals surface area contributed by atoms with E-state index < -0.39 is 6.23 Å². The van der Waals surface area contributed by atoms with Crippen LogP contribution in [0, 0.1) is 0 Å². The second kappa shape index (κ2) is 11.3. The maximum atomic E-state index is 6.41. The van der Waals surface area contributed by atoms with E-state index in [0.29, 0.717) is 34.8 Å². The van der Waals surface area contributed by atoms with Gasteiger partial charge in [-0.15, -0.1) is 10.2 Å². The summed E-state index contributed by atoms with van der Waals surface area (Å²) in [6, 6.07) is 23.8. The van der Waals surface area contributed by atoms with E-state index in [0.717, 1.165) is 41.0 Å². The van der Waals surface area contributed by atoms with Crippen LogP contribution in [0.5, 0.6) is 17.4 Å². The first-order valence-corrected chi connectivity index (χ1v) is 13.0. The molecule has 5 rings (SSSR count). The summed E-state index contributed by atoms with van der Waals surface area (Å²) in [5.74, 6) is 2.69. The van der Waals surface area contributed by atoms with E-state index >= 15 is 0 Å². The molecule has 1 aromatic heterocycles. The van der Waals surface area contributed by atoms with E-state index in [-0.39, 0.29) is 0 Å². The lowest BCUT2D eigenvalue weighted by Gasteiger charge is -2.21. The number of hydrogen-bond acceptors (Lipinski definition) is 8. The van der Waals surface area contributed by atoms with Gasteiger partial charge in [-0.25, -0.2) is 0 Å². The Hall–Kier alpha value is -3.78. The van der Waals surface area contributed by atoms with Crippen LogP contribution < -0.4 is 19.5 Å². The molecule has 0 spiro atoms. The smallest absolute Gasteiger partial charge is 0.247 e. The molecule has 0 unspecified atom stereocenters. The number of aromatic nitrogens is 3. The van der Waals surface area contributed by atoms with Gasteiger partial charge < -0.3 is 19.5 Å². The van der Waals surface area contributed by atoms with E-state index in [2.05, 4.69) is 22.4 Å². The number of nitrogens with zero attached hydrogens (tertiary/aromatic N) is 3. The third-order valence-corrected chi connectivity index (χ3v) is 6.71. The van der Waals surface area contributed by atoms with Gasteiger partial charge in [-0.2, -0.15) is 4.98 Å². The number of fused-ring (bicyclic) bond motifs is 3. The Morgan fingerprint density at radius 1 is 0.972 bits per heavy atom. The van der Waals surface area contributed by atoms with Crippen molar-refractivity contribution in [2.45, 2.75) is 37.8 Å². The molecule has 36 heavy (non-hydrogen) atoms. The quantitative estimate of drug-likeness (QED) is 0.206. The molecule has 4 aromatic rings. The Kier molecular flexibility index (Phi) is 7.52. The predicted octanol–water partition coefficient (Wildman–Crippen LogP) is 6.52. The Labute approximate surface area is 215 Å². The average Bonchev–Trinajstić information content (AvgIpc) is 3.09. The van der Waals surface area contributed by atoms with Crippen molar-refractivity contribution in [1.82, 2.24) is 15.2 Å². The molecule has 1 atom stereocenters. The Morgan fingerprint density at radius 3 is 2.64 bits per heavy atom. The summed E-state index contributed by atoms with van der Waals surface area (Å²) >= 11 is 1.59. The van der Waals surface area contributed by atoms with Gasteiger partial charge in [0.2, 0.25) is 11.0 Å². The molecule has 0 saturated carbocycles. The minimum atomic E-state index is -0.505. The minimum Gasteiger partial charge on any atom is -0.493 e. The van der Waals surface area contributed by atoms with Crippen LogP contribution in [-0.4, -0.2) is 28.0 Å². The lowest BCUT2D eigenvalue weighted by atomic mass is 10.1. The van der Waals surface area contributed by atoms with Crippen molar-refractivity contribution in [3.8, 4) is 28.6 Å². The molecule has 1 N–H and O–H groups in total. The number of methoxy groups -OCH3 is 1. The summed E-state index contributed by atoms with van der Waals surface area (Å²) in [6.07, 6.45) is 1.71. The second-order valence-corrected chi connectivity index (χ2v) is 9.38. The van der Waals surface area contributed by atoms with Crippen molar-refractivity contribution in [3.63, 3.8) is 0 Å². The molecule has 2 heterocycles. The van der Waals surface area contributed by atoms with Gasteiger partial charge in [0, 0.05) is 22.6 Å². The predicted molar refractivity (Wildman–Crippen MR) is 142 cm³/mol. The molecule has 3 aromatic carbocycles. The molecule has 0 saturated heterocycles. The zero-order valence-corrected chi connectivity index (χ0v) is 21.1. The van der Waals surface area contributed by atoms with Crippen LogP contribution >= 0.6 is 11.8 Å². The van der Waals surface area contributed by atoms with Crippen molar-refractivity contribution in [3.05, 3.63) is 83.9 Å². The number of anilines is 1. The zero-order chi connectivity index (χ0) is 24.7. The highest BCUT2D eigenvalue weighted by molar-refractivity contribution is 7.99. The summed E-state index contributed by atoms with van der Waals surface area (Å²) in [5.41, 5.74) is 4.38. The highest BCUT2D eigenvalue weighted by Crippen LogP contribution is 2.41. The van der Waals surface area contributed by atoms with Gasteiger partial charge in [-0.1, -0.05) is 73.6 Å². The molecular weight excluding hydrogens is 472 g/mol. The fourth-order valence-corrected chi connectivity index (χ4v) is 4.73. The first-order chi connectivity index (χ1) is 17.7. The molecule has 7 nitrogen and oxygen atoms in total. The fourth-order valence-electron chi connectivity index (χ4n) is 3.87. The molecular formula is C28H28N4O3S. The molecule has 184 valence electrons. The SMILES string of the molecule is CCCCSc1nnc2c(n1)O[C@H](c1ccc(OCc3ccccc3)c(OC)c1)Nc1ccccc1-2. The maximum Gasteiger partial charge on any atom is 0.247 e. The van der Waals surface area contributed by atoms with Gasteiger partial charge in [0.1, 0.15) is 6.61 Å². The number of hydrogen-bond donors (Lipinski definition) is 1. The Bertz CT molecular complexity index is 1320. The summed E-state index contributed by atoms with van der Waals surface area (Å²) in [6.45, 7) is 2.62. The number of thioether (sulfide) groups is 1. The van der Waals surface area contributed by atoms with Gasteiger partial charge in [0.05, 0.1) is 7.11 Å². The number of benzene rings is 3. The number of nitrogens with one attached hydrogen (secondary N) is 1. The van der Waals surface area contributed by atoms with Crippen LogP contribution in [0.25, 0.3) is 11.3 Å². The first-order valence-electron chi connectivity index (χ1n) is 12.0. The normalized spacial score (nSPS) is 14.0. The van der Waals surface area contributed by atoms with Crippen molar-refractivity contribution in [2.24, 2.45) is 0 Å². The van der Waals surface area contributed by atoms with Crippen LogP contribution in [0.4, 0.5) is 5.69 Å². The summed E-state index contributed by atoms with van der Waals surface area (Å²) < 4.78 is 18.1. The monoisotopic (exact) mass is 500 g/mol. The summed E-state index contributed by atoms with van der Waals surface area (Å²) in [4.78, 5) is 4.71. The molecule has 8 heteroatoms. The third-order valence-electron chi connectivity index (χ3n) is 5.79. The van der Waals surface area contributed by atoms with Crippen LogP contribution in [0.2, 0.25) is 0 Å². The lowest BCUT2D eigenvalue weighted by Crippen LogP contribution is -2.17. The maximum absolute atomic E-state index is 6.41. The van der Waals surface area contributed by atoms with Gasteiger partial charge in [-0.05, 0) is 36.2 Å². The Balaban J connectivity index is 1.43. The van der Waals surface area contributed by atoms with Crippen molar-refractivity contribution in [1.29, 1.82) is 0 Å². The fraction of sp³-hybridized carbons (Fsp3) is 0.250. The minimum absolute atomic E-state index is 0.454. The summed E-state index contributed by atoms with van der Waals surface area (Å²) in [5, 5.41) is 12.9. The van der Waals surface area contributed by atoms with E-state index in [1.54, 1.807) is 18.9 Å². The topological polar surface area (TPSA) is 78.4 Å². The Morgan fingerprint density at radius 2 is 1.81 bits per heavy atom. The molecule has 0 amide bonds. The van der Waals surface area contributed by atoms with Gasteiger partial charge in [0.25, 0.3) is 0 Å². The van der Waals surface area contributed by atoms with Crippen LogP contribution in [0.3, 0.4) is 0 Å². The van der Waals surface area contributed by atoms with E-state index in [1.807, 2.05) is 72.8 Å². The van der Waals surface area contributed by atoms with Gasteiger partial charge in [-0.3, -0.25) is 0 Å². The highest BCUT2D eigenvalue weighted by Gasteiger charge is 2.26. The average molecular weight is 501 g/mol. The highest BCUT2D eigenvalue weighted by atomic mass is 32.2. The molecule has 0 radical (unpaired) electrons. The second-order valence-electron chi connectivity index (χ2n) is 8.32. The summed E-state index contributed by atoms with van der Waals surface area (Å²) in [7, 11) is 1.64. The van der Waals surface area contributed by atoms with Crippen LogP contribution in [0.15, 0.2) is 78.0 Å². The number of ether oxygens (including phenoxy) is 3. The molecule has 1 aliphatic heterocycles. The van der Waals surface area contributed by atoms with Gasteiger partial charge in [0.15, 0.2) is 23.4 Å². The van der Waals surface area contributed by atoms with Crippen molar-refractivity contribution < 1.29 is 14.2 Å². The molecule has 1 aliphatic rings. The number of para-hydroxylation sites is 1. The van der Waals surface area contributed by atoms with Crippen LogP contribution in [0.1, 0.15) is 37.1 Å². The van der Waals surface area contributed by atoms with Crippen LogP contribution in [-0.2, 0) is 6.61 Å². The van der Waals surface area contributed by atoms with Gasteiger partial charge >= 0.3 is 0 Å². The standard InChI is InChI=1S/C28H28N4O3S/c1-3-4-16-36-28-30-27-25(31-32-28)21-12-8-9-13-22(21)29-26(35-27)20-14-15-23(24(17-20)33-2)34-18-19-10-6-5-7-11-19/h5-15,17,26,29H,3-4,16,18H2,1-2H3/t26-/m1/s1. The molecule has 0 fully saturated rings. The van der Waals surface area contributed by atoms with E-state index in [1.165, 1.54) is 0 Å². The lowest BCUT2D eigenvalue weighted by molar-refractivity contribution is 0.224. The molecule has 0 bridgehead atoms. The zero-order valence-electron chi connectivity index (χ0n) is 20.3. The van der Waals surface area contributed by atoms with E-state index in [4.69, 9.17) is 19.2 Å². The molecule has 0 aliphatic carbocycles. The largest absolute Gasteiger partial charge is 0.493 e. The van der Waals surface area contributed by atoms with Crippen molar-refractivity contribution >= 4 is 17.4 Å². The first kappa shape index (κ1) is 23.9. The van der Waals surface area contributed by atoms with Crippen molar-refractivity contribution in [2.75, 3.05) is 18.2 Å². The number of rotatable bonds is 9. The number of unbranched alkanes of at least 4 members (excludes halogenated alkanes) is 1. The van der Waals surface area contributed by atoms with E-state index in [9.17, 15) is 0 Å². The third kappa shape index (κ3) is 5.39.